The molecule has 116 valence electrons. The summed E-state index contributed by atoms with van der Waals surface area (Å²) in [5, 5.41) is 0. The molecule has 0 N–H and O–H groups in total. The Bertz CT molecular complexity index is 609. The summed E-state index contributed by atoms with van der Waals surface area (Å²) in [5.74, 6) is -0.174. The van der Waals surface area contributed by atoms with Gasteiger partial charge in [-0.05, 0) is 38.0 Å². The SMILES string of the molecule is CCOC1CCN(C(=O)c2cccc(S(=O)(=O)Cl)c2)CC1. The number of nitrogens with zero attached hydrogens (tertiary/aromatic N) is 1. The van der Waals surface area contributed by atoms with E-state index < -0.39 is 9.05 Å². The molecule has 0 aromatic heterocycles. The summed E-state index contributed by atoms with van der Waals surface area (Å²) in [7, 11) is 1.48. The second-order valence-corrected chi connectivity index (χ2v) is 7.48. The lowest BCUT2D eigenvalue weighted by Crippen LogP contribution is -2.40. The second-order valence-electron chi connectivity index (χ2n) is 4.91. The maximum absolute atomic E-state index is 12.4. The summed E-state index contributed by atoms with van der Waals surface area (Å²) < 4.78 is 28.2. The molecule has 0 spiro atoms. The zero-order chi connectivity index (χ0) is 15.5. The van der Waals surface area contributed by atoms with Crippen molar-refractivity contribution in [3.8, 4) is 0 Å². The summed E-state index contributed by atoms with van der Waals surface area (Å²) in [6.07, 6.45) is 1.80. The first-order valence-electron chi connectivity index (χ1n) is 6.87. The molecule has 0 unspecified atom stereocenters. The van der Waals surface area contributed by atoms with Crippen LogP contribution in [0, 0.1) is 0 Å². The maximum Gasteiger partial charge on any atom is 0.261 e. The first-order valence-corrected chi connectivity index (χ1v) is 9.18. The number of piperidine rings is 1. The van der Waals surface area contributed by atoms with Crippen molar-refractivity contribution in [2.75, 3.05) is 19.7 Å². The number of carbonyl (C=O) groups excluding carboxylic acids is 1. The lowest BCUT2D eigenvalue weighted by molar-refractivity contribution is 0.0146. The normalized spacial score (nSPS) is 17.0. The van der Waals surface area contributed by atoms with Crippen LogP contribution in [0.15, 0.2) is 29.2 Å². The Hall–Kier alpha value is -1.11. The predicted molar refractivity (Wildman–Crippen MR) is 80.0 cm³/mol. The molecule has 1 aliphatic rings. The molecule has 1 aromatic rings. The van der Waals surface area contributed by atoms with Crippen molar-refractivity contribution in [2.24, 2.45) is 0 Å². The molecule has 0 aliphatic carbocycles. The Kier molecular flexibility index (Phi) is 5.24. The van der Waals surface area contributed by atoms with Gasteiger partial charge >= 0.3 is 0 Å². The lowest BCUT2D eigenvalue weighted by Gasteiger charge is -2.31. The van der Waals surface area contributed by atoms with Crippen LogP contribution in [0.25, 0.3) is 0 Å². The number of ether oxygens (including phenoxy) is 1. The smallest absolute Gasteiger partial charge is 0.261 e. The molecule has 1 saturated heterocycles. The standard InChI is InChI=1S/C14H18ClNO4S/c1-2-20-12-6-8-16(9-7-12)14(17)11-4-3-5-13(10-11)21(15,18)19/h3-5,10,12H,2,6-9H2,1H3. The van der Waals surface area contributed by atoms with Gasteiger partial charge in [0.1, 0.15) is 0 Å². The van der Waals surface area contributed by atoms with Crippen LogP contribution < -0.4 is 0 Å². The van der Waals surface area contributed by atoms with Gasteiger partial charge in [0, 0.05) is 35.9 Å². The van der Waals surface area contributed by atoms with E-state index in [4.69, 9.17) is 15.4 Å². The van der Waals surface area contributed by atoms with Gasteiger partial charge in [0.05, 0.1) is 11.0 Å². The summed E-state index contributed by atoms with van der Waals surface area (Å²) in [6, 6.07) is 5.82. The Morgan fingerprint density at radius 3 is 2.62 bits per heavy atom. The van der Waals surface area contributed by atoms with E-state index in [9.17, 15) is 13.2 Å². The zero-order valence-electron chi connectivity index (χ0n) is 11.8. The molecule has 0 radical (unpaired) electrons. The number of benzene rings is 1. The number of hydrogen-bond acceptors (Lipinski definition) is 4. The molecule has 1 amide bonds. The van der Waals surface area contributed by atoms with Gasteiger partial charge in [-0.25, -0.2) is 8.42 Å². The molecule has 1 aliphatic heterocycles. The fourth-order valence-corrected chi connectivity index (χ4v) is 3.22. The topological polar surface area (TPSA) is 63.7 Å². The van der Waals surface area contributed by atoms with Crippen molar-refractivity contribution in [3.05, 3.63) is 29.8 Å². The van der Waals surface area contributed by atoms with Crippen molar-refractivity contribution in [1.29, 1.82) is 0 Å². The van der Waals surface area contributed by atoms with E-state index in [0.29, 0.717) is 25.3 Å². The number of amides is 1. The molecule has 1 heterocycles. The second kappa shape index (κ2) is 6.77. The van der Waals surface area contributed by atoms with Crippen molar-refractivity contribution in [1.82, 2.24) is 4.90 Å². The molecule has 21 heavy (non-hydrogen) atoms. The molecule has 5 nitrogen and oxygen atoms in total. The number of hydrogen-bond donors (Lipinski definition) is 0. The first-order chi connectivity index (χ1) is 9.91. The average Bonchev–Trinajstić information content (AvgIpc) is 2.47. The fraction of sp³-hybridized carbons (Fsp3) is 0.500. The van der Waals surface area contributed by atoms with Crippen LogP contribution in [0.4, 0.5) is 0 Å². The van der Waals surface area contributed by atoms with Gasteiger partial charge in [-0.2, -0.15) is 0 Å². The van der Waals surface area contributed by atoms with Crippen molar-refractivity contribution in [2.45, 2.75) is 30.8 Å². The zero-order valence-corrected chi connectivity index (χ0v) is 13.4. The number of likely N-dealkylation sites (tertiary alicyclic amines) is 1. The Morgan fingerprint density at radius 1 is 1.38 bits per heavy atom. The molecule has 7 heteroatoms. The molecular weight excluding hydrogens is 314 g/mol. The van der Waals surface area contributed by atoms with Gasteiger partial charge in [-0.15, -0.1) is 0 Å². The van der Waals surface area contributed by atoms with E-state index in [-0.39, 0.29) is 16.9 Å². The minimum Gasteiger partial charge on any atom is -0.378 e. The quantitative estimate of drug-likeness (QED) is 0.794. The summed E-state index contributed by atoms with van der Waals surface area (Å²) >= 11 is 0. The lowest BCUT2D eigenvalue weighted by atomic mass is 10.1. The third-order valence-electron chi connectivity index (χ3n) is 3.49. The van der Waals surface area contributed by atoms with E-state index in [0.717, 1.165) is 12.8 Å². The highest BCUT2D eigenvalue weighted by molar-refractivity contribution is 8.13. The Morgan fingerprint density at radius 2 is 2.05 bits per heavy atom. The molecule has 0 atom stereocenters. The highest BCUT2D eigenvalue weighted by atomic mass is 35.7. The molecular formula is C14H18ClNO4S. The van der Waals surface area contributed by atoms with E-state index >= 15 is 0 Å². The maximum atomic E-state index is 12.4. The van der Waals surface area contributed by atoms with E-state index in [1.165, 1.54) is 18.2 Å². The minimum absolute atomic E-state index is 0.0563. The highest BCUT2D eigenvalue weighted by Crippen LogP contribution is 2.20. The molecule has 1 fully saturated rings. The van der Waals surface area contributed by atoms with Crippen LogP contribution in [0.2, 0.25) is 0 Å². The third kappa shape index (κ3) is 4.18. The number of halogens is 1. The van der Waals surface area contributed by atoms with E-state index in [2.05, 4.69) is 0 Å². The van der Waals surface area contributed by atoms with Gasteiger partial charge in [0.15, 0.2) is 0 Å². The van der Waals surface area contributed by atoms with Gasteiger partial charge in [0.25, 0.3) is 15.0 Å². The van der Waals surface area contributed by atoms with Crippen LogP contribution in [0.3, 0.4) is 0 Å². The van der Waals surface area contributed by atoms with Crippen molar-refractivity contribution >= 4 is 25.6 Å². The molecule has 0 saturated carbocycles. The average molecular weight is 332 g/mol. The van der Waals surface area contributed by atoms with E-state index in [1.807, 2.05) is 6.92 Å². The van der Waals surface area contributed by atoms with Gasteiger partial charge < -0.3 is 9.64 Å². The van der Waals surface area contributed by atoms with Crippen LogP contribution in [0.5, 0.6) is 0 Å². The summed E-state index contributed by atoms with van der Waals surface area (Å²) in [5.41, 5.74) is 0.339. The fourth-order valence-electron chi connectivity index (χ4n) is 2.42. The number of carbonyl (C=O) groups is 1. The monoisotopic (exact) mass is 331 g/mol. The molecule has 2 rings (SSSR count). The third-order valence-corrected chi connectivity index (χ3v) is 4.85. The summed E-state index contributed by atoms with van der Waals surface area (Å²) in [4.78, 5) is 14.1. The Labute approximate surface area is 129 Å². The van der Waals surface area contributed by atoms with E-state index in [1.54, 1.807) is 11.0 Å². The van der Waals surface area contributed by atoms with Gasteiger partial charge in [-0.3, -0.25) is 4.79 Å². The van der Waals surface area contributed by atoms with Crippen LogP contribution in [0.1, 0.15) is 30.1 Å². The number of rotatable bonds is 4. The van der Waals surface area contributed by atoms with Crippen molar-refractivity contribution < 1.29 is 17.9 Å². The Balaban J connectivity index is 2.08. The highest BCUT2D eigenvalue weighted by Gasteiger charge is 2.24. The minimum atomic E-state index is -3.82. The summed E-state index contributed by atoms with van der Waals surface area (Å²) in [6.45, 7) is 3.85. The van der Waals surface area contributed by atoms with Gasteiger partial charge in [0.2, 0.25) is 0 Å². The first kappa shape index (κ1) is 16.3. The van der Waals surface area contributed by atoms with Crippen LogP contribution in [-0.2, 0) is 13.8 Å². The van der Waals surface area contributed by atoms with Crippen LogP contribution >= 0.6 is 10.7 Å². The molecule has 0 bridgehead atoms. The largest absolute Gasteiger partial charge is 0.378 e. The predicted octanol–water partition coefficient (Wildman–Crippen LogP) is 2.26. The molecule has 1 aromatic carbocycles. The van der Waals surface area contributed by atoms with Gasteiger partial charge in [-0.1, -0.05) is 6.07 Å². The van der Waals surface area contributed by atoms with Crippen molar-refractivity contribution in [3.63, 3.8) is 0 Å². The van der Waals surface area contributed by atoms with Crippen LogP contribution in [-0.4, -0.2) is 45.0 Å².